The molecule has 0 fully saturated rings. The molecule has 5 nitrogen and oxygen atoms in total. The van der Waals surface area contributed by atoms with Crippen molar-refractivity contribution in [2.45, 2.75) is 166 Å². The second kappa shape index (κ2) is 37.6. The number of aryl methyl sites for hydroxylation is 19. The standard InChI is InChI=1S/4C16H20N.C15H18N.5CH4/c2*1-5-14-7-9-16(17(4)11-14)15-8-6-12(2)10-13(15)3;2*1-5-14-11-17(4)16(10-13(14)3)15-9-7-6-8-12(15)2;1-4-13-8-9-14(12(2)11-13)15-7-5-6-10-16(15)3;;;;;/h4*6-11H,5H2,1-4H3;5-11H,4H2,1-3H3;5*1H4/q5*+1;;;;;/i2D3,5D2;;5D2;;;;;;;. The van der Waals surface area contributed by atoms with E-state index in [2.05, 4.69) is 231 Å². The zero-order valence-electron chi connectivity index (χ0n) is 60.8. The van der Waals surface area contributed by atoms with Gasteiger partial charge in [-0.2, -0.15) is 0 Å². The average Bonchev–Trinajstić information content (AvgIpc) is 0.818. The van der Waals surface area contributed by atoms with Gasteiger partial charge in [0.25, 0.3) is 0 Å². The van der Waals surface area contributed by atoms with Crippen LogP contribution >= 0.6 is 0 Å². The van der Waals surface area contributed by atoms with E-state index in [1.165, 1.54) is 96.3 Å². The first-order chi connectivity index (χ1) is 42.8. The maximum absolute atomic E-state index is 7.88. The third-order valence-corrected chi connectivity index (χ3v) is 15.8. The summed E-state index contributed by atoms with van der Waals surface area (Å²) in [6.45, 7) is 24.4. The average molecular weight is 1200 g/mol. The number of benzene rings is 5. The van der Waals surface area contributed by atoms with Crippen molar-refractivity contribution in [3.63, 3.8) is 0 Å². The summed E-state index contributed by atoms with van der Waals surface area (Å²) in [7, 11) is 10.2. The van der Waals surface area contributed by atoms with Crippen LogP contribution in [0.3, 0.4) is 0 Å². The predicted octanol–water partition coefficient (Wildman–Crippen LogP) is 19.7. The third-order valence-electron chi connectivity index (χ3n) is 15.8. The van der Waals surface area contributed by atoms with Gasteiger partial charge in [0.05, 0.1) is 0 Å². The van der Waals surface area contributed by atoms with Crippen LogP contribution in [0.25, 0.3) is 56.3 Å². The van der Waals surface area contributed by atoms with Gasteiger partial charge in [0.1, 0.15) is 35.2 Å². The monoisotopic (exact) mass is 1200 g/mol. The van der Waals surface area contributed by atoms with Gasteiger partial charge in [-0.1, -0.05) is 156 Å². The Morgan fingerprint density at radius 3 is 1.13 bits per heavy atom. The smallest absolute Gasteiger partial charge is 0.201 e. The van der Waals surface area contributed by atoms with Crippen molar-refractivity contribution in [3.8, 4) is 56.3 Å². The van der Waals surface area contributed by atoms with Gasteiger partial charge in [-0.15, -0.1) is 0 Å². The van der Waals surface area contributed by atoms with E-state index >= 15 is 0 Å². The number of pyridine rings is 5. The summed E-state index contributed by atoms with van der Waals surface area (Å²) in [5.74, 6) is 0. The van der Waals surface area contributed by atoms with Crippen LogP contribution in [0, 0.1) is 62.2 Å². The van der Waals surface area contributed by atoms with E-state index in [9.17, 15) is 0 Å². The van der Waals surface area contributed by atoms with E-state index in [1.54, 1.807) is 31.3 Å². The summed E-state index contributed by atoms with van der Waals surface area (Å²) in [5.41, 5.74) is 27.7. The van der Waals surface area contributed by atoms with Gasteiger partial charge >= 0.3 is 0 Å². The zero-order chi connectivity index (χ0) is 67.3. The molecule has 474 valence electrons. The van der Waals surface area contributed by atoms with Crippen LogP contribution in [0.4, 0.5) is 0 Å². The van der Waals surface area contributed by atoms with Crippen LogP contribution in [0.2, 0.25) is 0 Å². The highest BCUT2D eigenvalue weighted by atomic mass is 14.9. The largest absolute Gasteiger partial charge is 0.212 e. The molecule has 0 aliphatic heterocycles. The predicted molar refractivity (Wildman–Crippen MR) is 388 cm³/mol. The Bertz CT molecular complexity index is 4070. The fraction of sp³-hybridized carbons (Fsp3) is 0.345. The summed E-state index contributed by atoms with van der Waals surface area (Å²) in [5, 5.41) is 0. The second-order valence-electron chi connectivity index (χ2n) is 22.2. The molecule has 5 heterocycles. The topological polar surface area (TPSA) is 19.4 Å². The van der Waals surface area contributed by atoms with Gasteiger partial charge in [0.2, 0.25) is 28.5 Å². The summed E-state index contributed by atoms with van der Waals surface area (Å²) in [6.07, 6.45) is 10.8. The Hall–Kier alpha value is -8.15. The minimum Gasteiger partial charge on any atom is -0.201 e. The van der Waals surface area contributed by atoms with Crippen LogP contribution < -0.4 is 22.8 Å². The molecule has 0 radical (unpaired) electrons. The van der Waals surface area contributed by atoms with Crippen LogP contribution in [-0.2, 0) is 67.2 Å². The van der Waals surface area contributed by atoms with Crippen molar-refractivity contribution in [2.75, 3.05) is 0 Å². The molecule has 5 heteroatoms. The fourth-order valence-corrected chi connectivity index (χ4v) is 10.7. The first-order valence-electron chi connectivity index (χ1n) is 33.1. The lowest BCUT2D eigenvalue weighted by molar-refractivity contribution is -0.661. The Morgan fingerprint density at radius 2 is 0.697 bits per heavy atom. The van der Waals surface area contributed by atoms with Crippen molar-refractivity contribution >= 4 is 0 Å². The first kappa shape index (κ1) is 66.8. The summed E-state index contributed by atoms with van der Waals surface area (Å²) in [4.78, 5) is 0. The lowest BCUT2D eigenvalue weighted by atomic mass is 10.0. The normalized spacial score (nSPS) is 11.6. The van der Waals surface area contributed by atoms with Gasteiger partial charge in [-0.25, -0.2) is 22.8 Å². The molecule has 0 amide bonds. The molecule has 10 rings (SSSR count). The van der Waals surface area contributed by atoms with E-state index in [1.807, 2.05) is 67.5 Å². The number of hydrogen-bond donors (Lipinski definition) is 0. The minimum absolute atomic E-state index is 0. The molecule has 0 N–H and O–H groups in total. The molecule has 0 spiro atoms. The molecule has 0 aliphatic rings. The van der Waals surface area contributed by atoms with Gasteiger partial charge in [-0.3, -0.25) is 0 Å². The maximum Gasteiger partial charge on any atom is 0.212 e. The molecule has 0 saturated heterocycles. The van der Waals surface area contributed by atoms with Gasteiger partial charge in [0.15, 0.2) is 31.0 Å². The lowest BCUT2D eigenvalue weighted by Gasteiger charge is -2.07. The summed E-state index contributed by atoms with van der Waals surface area (Å²) in [6, 6.07) is 54.0. The van der Waals surface area contributed by atoms with E-state index in [0.717, 1.165) is 52.9 Å². The van der Waals surface area contributed by atoms with Gasteiger partial charge < -0.3 is 0 Å². The zero-order valence-corrected chi connectivity index (χ0v) is 53.8. The number of hydrogen-bond acceptors (Lipinski definition) is 0. The molecule has 0 atom stereocenters. The summed E-state index contributed by atoms with van der Waals surface area (Å²) < 4.78 is 64.2. The molecule has 0 unspecified atom stereocenters. The fourth-order valence-electron chi connectivity index (χ4n) is 10.7. The first-order valence-corrected chi connectivity index (χ1v) is 29.6. The van der Waals surface area contributed by atoms with E-state index in [4.69, 9.17) is 9.60 Å². The highest BCUT2D eigenvalue weighted by Crippen LogP contribution is 2.26. The number of rotatable bonds is 10. The van der Waals surface area contributed by atoms with Crippen LogP contribution in [-0.4, -0.2) is 0 Å². The highest BCUT2D eigenvalue weighted by molar-refractivity contribution is 5.65. The Labute approximate surface area is 554 Å². The SMILES string of the molecule is C.C.C.C.C.CCc1c[n+](C)c(-c2ccccc2C)cc1C.CCc1ccc(-c2ccc(C)cc2C)[n+](C)c1.CCc1ccc(-c2cccc[n+]2C)c(C)c1.[2H]C([2H])(C)c1c[n+](C)c(-c2ccccc2C)cc1C.[2H]C([2H])([2H])c1ccc(-c2ccc(C([2H])([2H])C)c[n+]2C)c(C)c1. The van der Waals surface area contributed by atoms with Crippen LogP contribution in [0.5, 0.6) is 0 Å². The van der Waals surface area contributed by atoms with E-state index in [-0.39, 0.29) is 37.1 Å². The lowest BCUT2D eigenvalue weighted by Crippen LogP contribution is -2.32. The van der Waals surface area contributed by atoms with Gasteiger partial charge in [0, 0.05) is 96.1 Å². The molecular weight excluding hydrogens is 1080 g/mol. The molecule has 0 bridgehead atoms. The molecule has 89 heavy (non-hydrogen) atoms. The number of aromatic nitrogens is 5. The molecule has 5 aromatic carbocycles. The third kappa shape index (κ3) is 21.0. The quantitative estimate of drug-likeness (QED) is 0.122. The summed E-state index contributed by atoms with van der Waals surface area (Å²) >= 11 is 0. The van der Waals surface area contributed by atoms with Crippen molar-refractivity contribution < 1.29 is 32.4 Å². The Morgan fingerprint density at radius 1 is 0.303 bits per heavy atom. The van der Waals surface area contributed by atoms with Gasteiger partial charge in [-0.05, 0) is 187 Å². The number of nitrogens with zero attached hydrogens (tertiary/aromatic N) is 5. The van der Waals surface area contributed by atoms with Crippen molar-refractivity contribution in [2.24, 2.45) is 35.2 Å². The Balaban J connectivity index is 0.000000595. The molecule has 0 aliphatic carbocycles. The molecule has 10 aromatic rings. The van der Waals surface area contributed by atoms with E-state index < -0.39 is 19.6 Å². The molecule has 5 aromatic heterocycles. The van der Waals surface area contributed by atoms with Crippen molar-refractivity contribution in [1.82, 2.24) is 0 Å². The maximum atomic E-state index is 7.88. The van der Waals surface area contributed by atoms with E-state index in [0.29, 0.717) is 11.1 Å². The second-order valence-corrected chi connectivity index (χ2v) is 22.2. The van der Waals surface area contributed by atoms with Crippen LogP contribution in [0.15, 0.2) is 189 Å². The highest BCUT2D eigenvalue weighted by Gasteiger charge is 2.18. The Kier molecular flexibility index (Phi) is 28.2. The van der Waals surface area contributed by atoms with Crippen LogP contribution in [0.1, 0.15) is 159 Å². The molecule has 0 saturated carbocycles. The van der Waals surface area contributed by atoms with Crippen molar-refractivity contribution in [3.05, 3.63) is 267 Å². The molecular formula is C84H118N5+5. The van der Waals surface area contributed by atoms with Crippen molar-refractivity contribution in [1.29, 1.82) is 0 Å². The minimum atomic E-state index is -2.10.